The number of nitrogens with zero attached hydrogens (tertiary/aromatic N) is 1. The zero-order chi connectivity index (χ0) is 14.5. The van der Waals surface area contributed by atoms with Gasteiger partial charge in [0.25, 0.3) is 0 Å². The number of phenols is 1. The van der Waals surface area contributed by atoms with Gasteiger partial charge < -0.3 is 15.3 Å². The number of urea groups is 1. The molecule has 2 rings (SSSR count). The summed E-state index contributed by atoms with van der Waals surface area (Å²) >= 11 is 0. The lowest BCUT2D eigenvalue weighted by atomic mass is 10.2. The number of nitrogens with one attached hydrogen (secondary N) is 1. The number of hydrogen-bond donors (Lipinski definition) is 2. The number of amides is 2. The Morgan fingerprint density at radius 1 is 1.20 bits per heavy atom. The maximum absolute atomic E-state index is 13.4. The summed E-state index contributed by atoms with van der Waals surface area (Å²) in [7, 11) is 1.57. The van der Waals surface area contributed by atoms with Gasteiger partial charge in [0.05, 0.1) is 12.2 Å². The Morgan fingerprint density at radius 3 is 2.55 bits per heavy atom. The minimum atomic E-state index is -0.489. The highest BCUT2D eigenvalue weighted by molar-refractivity contribution is 5.89. The van der Waals surface area contributed by atoms with E-state index in [9.17, 15) is 14.3 Å². The third kappa shape index (κ3) is 3.26. The molecule has 0 heterocycles. The molecule has 0 saturated carbocycles. The first-order chi connectivity index (χ1) is 9.58. The van der Waals surface area contributed by atoms with Crippen molar-refractivity contribution in [1.29, 1.82) is 0 Å². The highest BCUT2D eigenvalue weighted by atomic mass is 19.1. The zero-order valence-electron chi connectivity index (χ0n) is 11.0. The van der Waals surface area contributed by atoms with Crippen LogP contribution in [0.15, 0.2) is 48.5 Å². The van der Waals surface area contributed by atoms with Gasteiger partial charge in [-0.05, 0) is 18.2 Å². The molecule has 0 aliphatic heterocycles. The van der Waals surface area contributed by atoms with E-state index < -0.39 is 11.8 Å². The first-order valence-corrected chi connectivity index (χ1v) is 6.11. The van der Waals surface area contributed by atoms with E-state index in [1.165, 1.54) is 17.0 Å². The summed E-state index contributed by atoms with van der Waals surface area (Å²) in [5.41, 5.74) is 0.750. The molecule has 104 valence electrons. The molecule has 2 aromatic rings. The van der Waals surface area contributed by atoms with Crippen molar-refractivity contribution in [3.63, 3.8) is 0 Å². The third-order valence-electron chi connectivity index (χ3n) is 2.86. The molecular weight excluding hydrogens is 259 g/mol. The van der Waals surface area contributed by atoms with Gasteiger partial charge in [-0.25, -0.2) is 9.18 Å². The number of anilines is 1. The molecule has 0 atom stereocenters. The van der Waals surface area contributed by atoms with E-state index in [1.54, 1.807) is 43.4 Å². The van der Waals surface area contributed by atoms with Crippen molar-refractivity contribution in [2.75, 3.05) is 12.4 Å². The smallest absolute Gasteiger partial charge is 0.321 e. The molecule has 2 aromatic carbocycles. The van der Waals surface area contributed by atoms with Crippen LogP contribution in [-0.2, 0) is 6.54 Å². The SMILES string of the molecule is CN(Cc1ccccc1O)C(=O)Nc1ccccc1F. The number of para-hydroxylation sites is 2. The molecule has 2 amide bonds. The summed E-state index contributed by atoms with van der Waals surface area (Å²) in [6.45, 7) is 0.229. The summed E-state index contributed by atoms with van der Waals surface area (Å²) in [6, 6.07) is 12.3. The fourth-order valence-electron chi connectivity index (χ4n) is 1.75. The van der Waals surface area contributed by atoms with Crippen LogP contribution in [0.25, 0.3) is 0 Å². The fourth-order valence-corrected chi connectivity index (χ4v) is 1.75. The molecule has 0 spiro atoms. The molecule has 0 unspecified atom stereocenters. The molecule has 0 bridgehead atoms. The summed E-state index contributed by atoms with van der Waals surface area (Å²) in [6.07, 6.45) is 0. The lowest BCUT2D eigenvalue weighted by Crippen LogP contribution is -2.31. The second-order valence-corrected chi connectivity index (χ2v) is 4.39. The third-order valence-corrected chi connectivity index (χ3v) is 2.86. The van der Waals surface area contributed by atoms with Crippen LogP contribution in [0.2, 0.25) is 0 Å². The van der Waals surface area contributed by atoms with Crippen LogP contribution in [0, 0.1) is 5.82 Å². The van der Waals surface area contributed by atoms with Crippen LogP contribution in [-0.4, -0.2) is 23.1 Å². The zero-order valence-corrected chi connectivity index (χ0v) is 11.0. The molecule has 0 aliphatic rings. The van der Waals surface area contributed by atoms with Crippen molar-refractivity contribution < 1.29 is 14.3 Å². The highest BCUT2D eigenvalue weighted by Gasteiger charge is 2.12. The van der Waals surface area contributed by atoms with Crippen LogP contribution in [0.1, 0.15) is 5.56 Å². The second kappa shape index (κ2) is 6.06. The largest absolute Gasteiger partial charge is 0.508 e. The lowest BCUT2D eigenvalue weighted by molar-refractivity contribution is 0.220. The van der Waals surface area contributed by atoms with Crippen molar-refractivity contribution in [3.05, 3.63) is 59.9 Å². The molecule has 4 nitrogen and oxygen atoms in total. The van der Waals surface area contributed by atoms with E-state index >= 15 is 0 Å². The average molecular weight is 274 g/mol. The van der Waals surface area contributed by atoms with Gasteiger partial charge in [-0.1, -0.05) is 30.3 Å². The summed E-state index contributed by atoms with van der Waals surface area (Å²) in [4.78, 5) is 13.3. The maximum atomic E-state index is 13.4. The molecule has 2 N–H and O–H groups in total. The maximum Gasteiger partial charge on any atom is 0.321 e. The van der Waals surface area contributed by atoms with Gasteiger partial charge >= 0.3 is 6.03 Å². The average Bonchev–Trinajstić information content (AvgIpc) is 2.43. The Hall–Kier alpha value is -2.56. The van der Waals surface area contributed by atoms with Crippen molar-refractivity contribution in [1.82, 2.24) is 4.90 Å². The quantitative estimate of drug-likeness (QED) is 0.903. The second-order valence-electron chi connectivity index (χ2n) is 4.39. The molecular formula is C15H15FN2O2. The van der Waals surface area contributed by atoms with Crippen molar-refractivity contribution in [2.45, 2.75) is 6.54 Å². The molecule has 0 aromatic heterocycles. The van der Waals surface area contributed by atoms with Crippen LogP contribution in [0.5, 0.6) is 5.75 Å². The molecule has 0 radical (unpaired) electrons. The summed E-state index contributed by atoms with van der Waals surface area (Å²) < 4.78 is 13.4. The Labute approximate surface area is 116 Å². The summed E-state index contributed by atoms with van der Waals surface area (Å²) in [5, 5.41) is 12.1. The topological polar surface area (TPSA) is 52.6 Å². The molecule has 5 heteroatoms. The number of halogens is 1. The Bertz CT molecular complexity index is 616. The minimum absolute atomic E-state index is 0.123. The monoisotopic (exact) mass is 274 g/mol. The Morgan fingerprint density at radius 2 is 1.85 bits per heavy atom. The van der Waals surface area contributed by atoms with Gasteiger partial charge in [0, 0.05) is 12.6 Å². The fraction of sp³-hybridized carbons (Fsp3) is 0.133. The summed E-state index contributed by atoms with van der Waals surface area (Å²) in [5.74, 6) is -0.366. The Balaban J connectivity index is 2.03. The van der Waals surface area contributed by atoms with E-state index in [-0.39, 0.29) is 18.0 Å². The number of carbonyl (C=O) groups excluding carboxylic acids is 1. The van der Waals surface area contributed by atoms with Crippen LogP contribution in [0.3, 0.4) is 0 Å². The molecule has 0 saturated heterocycles. The van der Waals surface area contributed by atoms with E-state index in [0.29, 0.717) is 5.56 Å². The highest BCUT2D eigenvalue weighted by Crippen LogP contribution is 2.18. The minimum Gasteiger partial charge on any atom is -0.508 e. The standard InChI is InChI=1S/C15H15FN2O2/c1-18(10-11-6-2-5-9-14(11)19)15(20)17-13-8-4-3-7-12(13)16/h2-9,19H,10H2,1H3,(H,17,20). The number of hydrogen-bond acceptors (Lipinski definition) is 2. The predicted molar refractivity (Wildman–Crippen MR) is 75.0 cm³/mol. The van der Waals surface area contributed by atoms with E-state index in [0.717, 1.165) is 0 Å². The van der Waals surface area contributed by atoms with E-state index in [2.05, 4.69) is 5.32 Å². The van der Waals surface area contributed by atoms with Crippen molar-refractivity contribution in [2.24, 2.45) is 0 Å². The predicted octanol–water partition coefficient (Wildman–Crippen LogP) is 3.20. The van der Waals surface area contributed by atoms with Crippen LogP contribution < -0.4 is 5.32 Å². The lowest BCUT2D eigenvalue weighted by Gasteiger charge is -2.18. The van der Waals surface area contributed by atoms with Crippen molar-refractivity contribution in [3.8, 4) is 5.75 Å². The van der Waals surface area contributed by atoms with Gasteiger partial charge in [0.1, 0.15) is 11.6 Å². The first-order valence-electron chi connectivity index (χ1n) is 6.11. The van der Waals surface area contributed by atoms with Crippen LogP contribution in [0.4, 0.5) is 14.9 Å². The van der Waals surface area contributed by atoms with E-state index in [4.69, 9.17) is 0 Å². The van der Waals surface area contributed by atoms with Gasteiger partial charge in [-0.3, -0.25) is 0 Å². The number of carbonyl (C=O) groups is 1. The molecule has 0 aliphatic carbocycles. The van der Waals surface area contributed by atoms with Crippen molar-refractivity contribution >= 4 is 11.7 Å². The Kier molecular flexibility index (Phi) is 4.20. The molecule has 0 fully saturated rings. The van der Waals surface area contributed by atoms with Gasteiger partial charge in [-0.15, -0.1) is 0 Å². The number of aromatic hydroxyl groups is 1. The first kappa shape index (κ1) is 13.9. The van der Waals surface area contributed by atoms with Gasteiger partial charge in [0.15, 0.2) is 0 Å². The molecule has 20 heavy (non-hydrogen) atoms. The number of phenolic OH excluding ortho intramolecular Hbond substituents is 1. The normalized spacial score (nSPS) is 10.1. The van der Waals surface area contributed by atoms with E-state index in [1.807, 2.05) is 0 Å². The van der Waals surface area contributed by atoms with Crippen LogP contribution >= 0.6 is 0 Å². The number of benzene rings is 2. The van der Waals surface area contributed by atoms with Gasteiger partial charge in [-0.2, -0.15) is 0 Å². The van der Waals surface area contributed by atoms with Gasteiger partial charge in [0.2, 0.25) is 0 Å². The number of rotatable bonds is 3.